The smallest absolute Gasteiger partial charge is 0.416 e. The van der Waals surface area contributed by atoms with E-state index >= 15 is 0 Å². The summed E-state index contributed by atoms with van der Waals surface area (Å²) in [5, 5.41) is 0.0432. The van der Waals surface area contributed by atoms with E-state index in [-0.39, 0.29) is 33.6 Å². The highest BCUT2D eigenvalue weighted by molar-refractivity contribution is 7.57. The lowest BCUT2D eigenvalue weighted by Gasteiger charge is -2.15. The van der Waals surface area contributed by atoms with Crippen molar-refractivity contribution in [2.45, 2.75) is 6.18 Å². The lowest BCUT2D eigenvalue weighted by atomic mass is 10.2. The van der Waals surface area contributed by atoms with E-state index in [1.54, 1.807) is 0 Å². The zero-order chi connectivity index (χ0) is 19.5. The van der Waals surface area contributed by atoms with Crippen LogP contribution >= 0.6 is 30.6 Å². The predicted octanol–water partition coefficient (Wildman–Crippen LogP) is 6.70. The fraction of sp³-hybridized carbons (Fsp3) is 0.250. The maximum atomic E-state index is 12.7. The summed E-state index contributed by atoms with van der Waals surface area (Å²) in [6.45, 7) is 1.41. The molecule has 2 aromatic rings. The SMILES string of the molecule is COP(C)(=O)COc1cc(Oc2ccc(C(F)(F)F)cc2Cl)ccc1Cl. The van der Waals surface area contributed by atoms with Crippen LogP contribution in [0.15, 0.2) is 36.4 Å². The summed E-state index contributed by atoms with van der Waals surface area (Å²) in [6.07, 6.45) is -4.70. The average molecular weight is 429 g/mol. The average Bonchev–Trinajstić information content (AvgIpc) is 2.56. The molecule has 0 fully saturated rings. The zero-order valence-corrected chi connectivity index (χ0v) is 16.0. The van der Waals surface area contributed by atoms with E-state index in [0.717, 1.165) is 18.2 Å². The third-order valence-electron chi connectivity index (χ3n) is 3.23. The van der Waals surface area contributed by atoms with Crippen molar-refractivity contribution in [1.29, 1.82) is 0 Å². The molecular weight excluding hydrogens is 415 g/mol. The fourth-order valence-corrected chi connectivity index (χ4v) is 2.65. The monoisotopic (exact) mass is 428 g/mol. The topological polar surface area (TPSA) is 44.8 Å². The Kier molecular flexibility index (Phi) is 6.51. The molecule has 0 aromatic heterocycles. The number of hydrogen-bond acceptors (Lipinski definition) is 4. The van der Waals surface area contributed by atoms with Gasteiger partial charge in [0.25, 0.3) is 0 Å². The van der Waals surface area contributed by atoms with E-state index in [0.29, 0.717) is 0 Å². The molecule has 1 atom stereocenters. The Morgan fingerprint density at radius 2 is 1.73 bits per heavy atom. The Hall–Kier alpha value is -1.40. The lowest BCUT2D eigenvalue weighted by molar-refractivity contribution is -0.137. The second kappa shape index (κ2) is 8.09. The number of ether oxygens (including phenoxy) is 2. The number of hydrogen-bond donors (Lipinski definition) is 0. The molecule has 142 valence electrons. The Labute approximate surface area is 158 Å². The first-order valence-electron chi connectivity index (χ1n) is 7.11. The first-order valence-corrected chi connectivity index (χ1v) is 10.1. The molecule has 0 bridgehead atoms. The minimum atomic E-state index is -4.50. The summed E-state index contributed by atoms with van der Waals surface area (Å²) in [5.41, 5.74) is -0.881. The van der Waals surface area contributed by atoms with Crippen molar-refractivity contribution in [3.63, 3.8) is 0 Å². The Morgan fingerprint density at radius 3 is 2.31 bits per heavy atom. The van der Waals surface area contributed by atoms with Gasteiger partial charge in [0.15, 0.2) is 6.35 Å². The molecule has 2 aromatic carbocycles. The molecular formula is C16H14Cl2F3O4P. The van der Waals surface area contributed by atoms with Gasteiger partial charge in [0.05, 0.1) is 15.6 Å². The Bertz CT molecular complexity index is 843. The molecule has 4 nitrogen and oxygen atoms in total. The molecule has 0 saturated heterocycles. The third kappa shape index (κ3) is 5.55. The standard InChI is InChI=1S/C16H14Cl2F3O4P/c1-23-26(2,22)9-24-15-8-11(4-5-12(15)17)25-14-6-3-10(7-13(14)18)16(19,20)21/h3-8H,9H2,1-2H3. The van der Waals surface area contributed by atoms with Crippen LogP contribution in [0.4, 0.5) is 13.2 Å². The van der Waals surface area contributed by atoms with Crippen LogP contribution in [0.3, 0.4) is 0 Å². The summed E-state index contributed by atoms with van der Waals surface area (Å²) < 4.78 is 65.6. The Morgan fingerprint density at radius 1 is 1.04 bits per heavy atom. The summed E-state index contributed by atoms with van der Waals surface area (Å²) >= 11 is 11.9. The third-order valence-corrected chi connectivity index (χ3v) is 5.21. The van der Waals surface area contributed by atoms with Crippen molar-refractivity contribution < 1.29 is 31.7 Å². The van der Waals surface area contributed by atoms with Crippen LogP contribution < -0.4 is 9.47 Å². The maximum absolute atomic E-state index is 12.7. The number of alkyl halides is 3. The van der Waals surface area contributed by atoms with Crippen LogP contribution in [-0.2, 0) is 15.3 Å². The highest BCUT2D eigenvalue weighted by atomic mass is 35.5. The number of halogens is 5. The molecule has 0 amide bonds. The van der Waals surface area contributed by atoms with Crippen LogP contribution in [0.2, 0.25) is 10.0 Å². The van der Waals surface area contributed by atoms with Crippen LogP contribution in [0.5, 0.6) is 17.2 Å². The summed E-state index contributed by atoms with van der Waals surface area (Å²) in [7, 11) is -1.62. The minimum absolute atomic E-state index is 0.0333. The van der Waals surface area contributed by atoms with Gasteiger partial charge in [-0.3, -0.25) is 4.57 Å². The quantitative estimate of drug-likeness (QED) is 0.480. The highest BCUT2D eigenvalue weighted by Crippen LogP contribution is 2.43. The van der Waals surface area contributed by atoms with Crippen molar-refractivity contribution in [2.75, 3.05) is 20.1 Å². The van der Waals surface area contributed by atoms with Crippen LogP contribution in [-0.4, -0.2) is 20.1 Å². The van der Waals surface area contributed by atoms with Gasteiger partial charge in [0, 0.05) is 19.8 Å². The van der Waals surface area contributed by atoms with Crippen molar-refractivity contribution in [3.05, 3.63) is 52.0 Å². The molecule has 0 aliphatic rings. The van der Waals surface area contributed by atoms with E-state index in [9.17, 15) is 17.7 Å². The van der Waals surface area contributed by atoms with Gasteiger partial charge < -0.3 is 14.0 Å². The van der Waals surface area contributed by atoms with Gasteiger partial charge in [-0.1, -0.05) is 23.2 Å². The van der Waals surface area contributed by atoms with Crippen LogP contribution in [0, 0.1) is 0 Å². The second-order valence-corrected chi connectivity index (χ2v) is 8.77. The van der Waals surface area contributed by atoms with E-state index in [2.05, 4.69) is 0 Å². The first kappa shape index (κ1) is 20.9. The molecule has 2 rings (SSSR count). The second-order valence-electron chi connectivity index (χ2n) is 5.31. The van der Waals surface area contributed by atoms with Gasteiger partial charge >= 0.3 is 6.18 Å². The van der Waals surface area contributed by atoms with Gasteiger partial charge in [-0.05, 0) is 30.3 Å². The van der Waals surface area contributed by atoms with Gasteiger partial charge in [0.1, 0.15) is 17.2 Å². The molecule has 0 radical (unpaired) electrons. The number of benzene rings is 2. The molecule has 0 spiro atoms. The molecule has 0 aliphatic carbocycles. The van der Waals surface area contributed by atoms with Gasteiger partial charge in [-0.2, -0.15) is 13.2 Å². The summed E-state index contributed by atoms with van der Waals surface area (Å²) in [6, 6.07) is 7.12. The molecule has 0 heterocycles. The highest BCUT2D eigenvalue weighted by Gasteiger charge is 2.31. The first-order chi connectivity index (χ1) is 12.0. The van der Waals surface area contributed by atoms with Crippen molar-refractivity contribution >= 4 is 30.6 Å². The van der Waals surface area contributed by atoms with E-state index in [4.69, 9.17) is 37.2 Å². The predicted molar refractivity (Wildman–Crippen MR) is 94.0 cm³/mol. The summed E-state index contributed by atoms with van der Waals surface area (Å²) in [4.78, 5) is 0. The van der Waals surface area contributed by atoms with Crippen LogP contribution in [0.25, 0.3) is 0 Å². The van der Waals surface area contributed by atoms with Crippen molar-refractivity contribution in [2.24, 2.45) is 0 Å². The maximum Gasteiger partial charge on any atom is 0.416 e. The lowest BCUT2D eigenvalue weighted by Crippen LogP contribution is -2.04. The molecule has 0 saturated carbocycles. The van der Waals surface area contributed by atoms with Crippen molar-refractivity contribution in [3.8, 4) is 17.2 Å². The fourth-order valence-electron chi connectivity index (χ4n) is 1.78. The number of rotatable bonds is 6. The van der Waals surface area contributed by atoms with Crippen LogP contribution in [0.1, 0.15) is 5.56 Å². The van der Waals surface area contributed by atoms with Crippen molar-refractivity contribution in [1.82, 2.24) is 0 Å². The molecule has 0 aliphatic heterocycles. The molecule has 10 heteroatoms. The van der Waals surface area contributed by atoms with Gasteiger partial charge in [-0.15, -0.1) is 0 Å². The minimum Gasteiger partial charge on any atom is -0.482 e. The van der Waals surface area contributed by atoms with E-state index < -0.39 is 19.1 Å². The molecule has 26 heavy (non-hydrogen) atoms. The van der Waals surface area contributed by atoms with E-state index in [1.807, 2.05) is 0 Å². The van der Waals surface area contributed by atoms with Gasteiger partial charge in [-0.25, -0.2) is 0 Å². The Balaban J connectivity index is 2.20. The van der Waals surface area contributed by atoms with Gasteiger partial charge in [0.2, 0.25) is 7.37 Å². The zero-order valence-electron chi connectivity index (χ0n) is 13.6. The normalized spacial score (nSPS) is 14.0. The summed E-state index contributed by atoms with van der Waals surface area (Å²) in [5.74, 6) is 0.451. The molecule has 0 N–H and O–H groups in total. The molecule has 1 unspecified atom stereocenters. The largest absolute Gasteiger partial charge is 0.482 e. The van der Waals surface area contributed by atoms with E-state index in [1.165, 1.54) is 32.0 Å².